The third kappa shape index (κ3) is 4.34. The van der Waals surface area contributed by atoms with E-state index in [0.29, 0.717) is 17.5 Å². The fourth-order valence-corrected chi connectivity index (χ4v) is 3.12. The standard InChI is InChI=1S/C16H16FN7O3S/c1-3-24-15(13-14(18-9(2)25)23-27-22-13)20-21-16(24)28-8-12(26)19-11-7-5-4-6-10(11)17/h4-7H,3,8H2,1-2H3,(H,19,26)(H,18,23,25). The number of hydrogen-bond donors (Lipinski definition) is 2. The molecule has 10 nitrogen and oxygen atoms in total. The van der Waals surface area contributed by atoms with Gasteiger partial charge in [0.25, 0.3) is 0 Å². The lowest BCUT2D eigenvalue weighted by atomic mass is 10.3. The number of carbonyl (C=O) groups is 2. The average Bonchev–Trinajstić information content (AvgIpc) is 3.27. The van der Waals surface area contributed by atoms with E-state index in [1.807, 2.05) is 6.92 Å². The van der Waals surface area contributed by atoms with Crippen LogP contribution in [0, 0.1) is 5.82 Å². The SMILES string of the molecule is CCn1c(SCC(=O)Nc2ccccc2F)nnc1-c1nonc1NC(C)=O. The fraction of sp³-hybridized carbons (Fsp3) is 0.250. The van der Waals surface area contributed by atoms with E-state index in [-0.39, 0.29) is 34.8 Å². The summed E-state index contributed by atoms with van der Waals surface area (Å²) in [5, 5.41) is 21.0. The van der Waals surface area contributed by atoms with Crippen molar-refractivity contribution in [2.75, 3.05) is 16.4 Å². The van der Waals surface area contributed by atoms with Gasteiger partial charge in [-0.25, -0.2) is 9.02 Å². The molecule has 28 heavy (non-hydrogen) atoms. The molecule has 2 heterocycles. The van der Waals surface area contributed by atoms with Gasteiger partial charge < -0.3 is 15.2 Å². The molecule has 146 valence electrons. The molecular formula is C16H16FN7O3S. The van der Waals surface area contributed by atoms with Crippen LogP contribution in [0.2, 0.25) is 0 Å². The first kappa shape index (κ1) is 19.5. The Kier molecular flexibility index (Phi) is 5.99. The van der Waals surface area contributed by atoms with Crippen molar-refractivity contribution in [3.63, 3.8) is 0 Å². The Morgan fingerprint density at radius 2 is 2.00 bits per heavy atom. The molecule has 0 unspecified atom stereocenters. The van der Waals surface area contributed by atoms with Gasteiger partial charge >= 0.3 is 0 Å². The number of thioether (sulfide) groups is 1. The molecule has 2 aromatic heterocycles. The van der Waals surface area contributed by atoms with Crippen molar-refractivity contribution in [2.24, 2.45) is 0 Å². The number of benzene rings is 1. The highest BCUT2D eigenvalue weighted by Gasteiger charge is 2.22. The zero-order valence-electron chi connectivity index (χ0n) is 15.0. The molecule has 0 aliphatic carbocycles. The van der Waals surface area contributed by atoms with Crippen LogP contribution in [-0.2, 0) is 16.1 Å². The highest BCUT2D eigenvalue weighted by atomic mass is 32.2. The topological polar surface area (TPSA) is 128 Å². The maximum Gasteiger partial charge on any atom is 0.234 e. The Labute approximate surface area is 162 Å². The van der Waals surface area contributed by atoms with Gasteiger partial charge in [-0.1, -0.05) is 23.9 Å². The van der Waals surface area contributed by atoms with Crippen molar-refractivity contribution >= 4 is 35.1 Å². The van der Waals surface area contributed by atoms with Crippen LogP contribution in [0.3, 0.4) is 0 Å². The van der Waals surface area contributed by atoms with Crippen LogP contribution in [0.5, 0.6) is 0 Å². The number of halogens is 1. The van der Waals surface area contributed by atoms with E-state index in [1.54, 1.807) is 16.7 Å². The smallest absolute Gasteiger partial charge is 0.234 e. The van der Waals surface area contributed by atoms with Crippen LogP contribution >= 0.6 is 11.8 Å². The normalized spacial score (nSPS) is 10.7. The van der Waals surface area contributed by atoms with E-state index in [9.17, 15) is 14.0 Å². The van der Waals surface area contributed by atoms with Crippen LogP contribution in [0.1, 0.15) is 13.8 Å². The lowest BCUT2D eigenvalue weighted by molar-refractivity contribution is -0.114. The van der Waals surface area contributed by atoms with Gasteiger partial charge in [0, 0.05) is 13.5 Å². The lowest BCUT2D eigenvalue weighted by Crippen LogP contribution is -2.15. The molecule has 2 N–H and O–H groups in total. The second-order valence-electron chi connectivity index (χ2n) is 5.51. The third-order valence-corrected chi connectivity index (χ3v) is 4.47. The molecule has 0 aliphatic rings. The average molecular weight is 405 g/mol. The maximum atomic E-state index is 13.6. The van der Waals surface area contributed by atoms with Gasteiger partial charge in [-0.05, 0) is 29.4 Å². The molecule has 0 radical (unpaired) electrons. The summed E-state index contributed by atoms with van der Waals surface area (Å²) in [6.45, 7) is 3.67. The fourth-order valence-electron chi connectivity index (χ4n) is 2.32. The molecule has 3 aromatic rings. The zero-order chi connectivity index (χ0) is 20.1. The maximum absolute atomic E-state index is 13.6. The van der Waals surface area contributed by atoms with Crippen LogP contribution in [0.4, 0.5) is 15.9 Å². The van der Waals surface area contributed by atoms with Gasteiger partial charge in [0.1, 0.15) is 5.82 Å². The summed E-state index contributed by atoms with van der Waals surface area (Å²) in [7, 11) is 0. The highest BCUT2D eigenvalue weighted by molar-refractivity contribution is 7.99. The minimum atomic E-state index is -0.510. The van der Waals surface area contributed by atoms with Crippen molar-refractivity contribution in [1.82, 2.24) is 25.1 Å². The molecule has 1 aromatic carbocycles. The Hall–Kier alpha value is -3.28. The Morgan fingerprint density at radius 3 is 2.71 bits per heavy atom. The summed E-state index contributed by atoms with van der Waals surface area (Å²) in [5.41, 5.74) is 0.339. The van der Waals surface area contributed by atoms with Gasteiger partial charge in [-0.3, -0.25) is 9.59 Å². The number of carbonyl (C=O) groups excluding carboxylic acids is 2. The molecule has 0 aliphatic heterocycles. The van der Waals surface area contributed by atoms with Gasteiger partial charge in [0.15, 0.2) is 16.7 Å². The zero-order valence-corrected chi connectivity index (χ0v) is 15.8. The molecule has 2 amide bonds. The Balaban J connectivity index is 1.72. The highest BCUT2D eigenvalue weighted by Crippen LogP contribution is 2.27. The van der Waals surface area contributed by atoms with Crippen molar-refractivity contribution in [3.05, 3.63) is 30.1 Å². The van der Waals surface area contributed by atoms with Crippen molar-refractivity contribution < 1.29 is 18.6 Å². The van der Waals surface area contributed by atoms with Crippen molar-refractivity contribution in [2.45, 2.75) is 25.5 Å². The second kappa shape index (κ2) is 8.61. The van der Waals surface area contributed by atoms with E-state index in [4.69, 9.17) is 0 Å². The molecule has 3 rings (SSSR count). The van der Waals surface area contributed by atoms with Crippen molar-refractivity contribution in [3.8, 4) is 11.5 Å². The summed E-state index contributed by atoms with van der Waals surface area (Å²) in [6, 6.07) is 5.91. The molecular weight excluding hydrogens is 389 g/mol. The predicted octanol–water partition coefficient (Wildman–Crippen LogP) is 2.18. The number of para-hydroxylation sites is 1. The number of nitrogens with zero attached hydrogens (tertiary/aromatic N) is 5. The monoisotopic (exact) mass is 405 g/mol. The molecule has 0 saturated heterocycles. The molecule has 12 heteroatoms. The number of rotatable bonds is 7. The number of nitrogens with one attached hydrogen (secondary N) is 2. The Bertz CT molecular complexity index is 1000. The molecule has 0 bridgehead atoms. The van der Waals surface area contributed by atoms with Crippen LogP contribution < -0.4 is 10.6 Å². The lowest BCUT2D eigenvalue weighted by Gasteiger charge is -2.07. The van der Waals surface area contributed by atoms with Gasteiger partial charge in [0.05, 0.1) is 11.4 Å². The second-order valence-corrected chi connectivity index (χ2v) is 6.45. The van der Waals surface area contributed by atoms with E-state index in [0.717, 1.165) is 11.8 Å². The van der Waals surface area contributed by atoms with Crippen LogP contribution in [-0.4, -0.2) is 42.6 Å². The molecule has 0 saturated carbocycles. The first-order valence-corrected chi connectivity index (χ1v) is 9.19. The van der Waals surface area contributed by atoms with E-state index < -0.39 is 5.82 Å². The molecule has 0 spiro atoms. The minimum Gasteiger partial charge on any atom is -0.323 e. The quantitative estimate of drug-likeness (QED) is 0.573. The molecule has 0 atom stereocenters. The minimum absolute atomic E-state index is 0.00207. The predicted molar refractivity (Wildman–Crippen MR) is 99.0 cm³/mol. The summed E-state index contributed by atoms with van der Waals surface area (Å²) >= 11 is 1.13. The van der Waals surface area contributed by atoms with Crippen LogP contribution in [0.25, 0.3) is 11.5 Å². The van der Waals surface area contributed by atoms with Crippen LogP contribution in [0.15, 0.2) is 34.1 Å². The van der Waals surface area contributed by atoms with E-state index >= 15 is 0 Å². The number of hydrogen-bond acceptors (Lipinski definition) is 8. The summed E-state index contributed by atoms with van der Waals surface area (Å²) in [6.07, 6.45) is 0. The largest absolute Gasteiger partial charge is 0.323 e. The third-order valence-electron chi connectivity index (χ3n) is 3.51. The van der Waals surface area contributed by atoms with Gasteiger partial charge in [0.2, 0.25) is 17.6 Å². The van der Waals surface area contributed by atoms with Gasteiger partial charge in [-0.2, -0.15) is 0 Å². The number of anilines is 2. The first-order valence-electron chi connectivity index (χ1n) is 8.20. The Morgan fingerprint density at radius 1 is 1.21 bits per heavy atom. The van der Waals surface area contributed by atoms with E-state index in [2.05, 4.69) is 35.8 Å². The summed E-state index contributed by atoms with van der Waals surface area (Å²) in [5.74, 6) is -0.762. The van der Waals surface area contributed by atoms with Gasteiger partial charge in [-0.15, -0.1) is 10.2 Å². The number of aromatic nitrogens is 5. The summed E-state index contributed by atoms with van der Waals surface area (Å²) in [4.78, 5) is 23.4. The summed E-state index contributed by atoms with van der Waals surface area (Å²) < 4.78 is 20.0. The van der Waals surface area contributed by atoms with E-state index in [1.165, 1.54) is 19.1 Å². The molecule has 0 fully saturated rings. The number of amides is 2. The first-order chi connectivity index (χ1) is 13.5. The van der Waals surface area contributed by atoms with Crippen molar-refractivity contribution in [1.29, 1.82) is 0 Å².